The van der Waals surface area contributed by atoms with Crippen molar-refractivity contribution in [2.75, 3.05) is 17.3 Å². The van der Waals surface area contributed by atoms with Gasteiger partial charge in [0.1, 0.15) is 5.82 Å². The van der Waals surface area contributed by atoms with E-state index in [1.54, 1.807) is 0 Å². The zero-order valence-corrected chi connectivity index (χ0v) is 15.2. The highest BCUT2D eigenvalue weighted by Crippen LogP contribution is 2.23. The first-order valence-electron chi connectivity index (χ1n) is 8.47. The van der Waals surface area contributed by atoms with E-state index in [-0.39, 0.29) is 0 Å². The van der Waals surface area contributed by atoms with E-state index in [1.165, 1.54) is 16.7 Å². The van der Waals surface area contributed by atoms with Crippen molar-refractivity contribution in [1.29, 1.82) is 0 Å². The number of aromatic nitrogens is 2. The van der Waals surface area contributed by atoms with Crippen molar-refractivity contribution in [2.45, 2.75) is 27.3 Å². The molecule has 3 rings (SSSR count). The Kier molecular flexibility index (Phi) is 4.98. The minimum absolute atomic E-state index is 0.628. The van der Waals surface area contributed by atoms with E-state index < -0.39 is 0 Å². The number of rotatable bonds is 5. The maximum absolute atomic E-state index is 4.70. The predicted octanol–water partition coefficient (Wildman–Crippen LogP) is 4.78. The Morgan fingerprint density at radius 3 is 2.44 bits per heavy atom. The van der Waals surface area contributed by atoms with Crippen LogP contribution in [0.15, 0.2) is 54.6 Å². The summed E-state index contributed by atoms with van der Waals surface area (Å²) in [4.78, 5) is 11.4. The molecule has 4 nitrogen and oxygen atoms in total. The summed E-state index contributed by atoms with van der Waals surface area (Å²) < 4.78 is 0. The van der Waals surface area contributed by atoms with Gasteiger partial charge in [-0.05, 0) is 43.5 Å². The molecule has 0 aliphatic heterocycles. The molecule has 0 fully saturated rings. The van der Waals surface area contributed by atoms with E-state index in [0.717, 1.165) is 23.7 Å². The standard InChI is InChI=1S/C21H24N4/c1-15-9-8-12-19(17(15)3)23-21-22-16(2)13-20(24-21)25(4)14-18-10-6-5-7-11-18/h5-13H,14H2,1-4H3,(H,22,23,24). The van der Waals surface area contributed by atoms with Gasteiger partial charge >= 0.3 is 0 Å². The molecule has 0 aliphatic rings. The monoisotopic (exact) mass is 332 g/mol. The van der Waals surface area contributed by atoms with E-state index in [4.69, 9.17) is 4.98 Å². The first-order chi connectivity index (χ1) is 12.0. The number of benzene rings is 2. The Morgan fingerprint density at radius 1 is 0.920 bits per heavy atom. The van der Waals surface area contributed by atoms with Gasteiger partial charge < -0.3 is 10.2 Å². The van der Waals surface area contributed by atoms with Crippen LogP contribution in [0.25, 0.3) is 0 Å². The molecule has 4 heteroatoms. The number of anilines is 3. The smallest absolute Gasteiger partial charge is 0.229 e. The third kappa shape index (κ3) is 4.15. The van der Waals surface area contributed by atoms with Gasteiger partial charge in [-0.25, -0.2) is 4.98 Å². The van der Waals surface area contributed by atoms with E-state index in [9.17, 15) is 0 Å². The van der Waals surface area contributed by atoms with Gasteiger partial charge in [0, 0.05) is 31.0 Å². The largest absolute Gasteiger partial charge is 0.355 e. The van der Waals surface area contributed by atoms with E-state index in [0.29, 0.717) is 5.95 Å². The highest BCUT2D eigenvalue weighted by molar-refractivity contribution is 5.61. The van der Waals surface area contributed by atoms with Gasteiger partial charge in [0.05, 0.1) is 0 Å². The minimum atomic E-state index is 0.628. The second-order valence-electron chi connectivity index (χ2n) is 6.41. The second-order valence-corrected chi connectivity index (χ2v) is 6.41. The molecule has 0 aliphatic carbocycles. The van der Waals surface area contributed by atoms with Gasteiger partial charge in [0.2, 0.25) is 5.95 Å². The molecule has 0 spiro atoms. The lowest BCUT2D eigenvalue weighted by atomic mass is 10.1. The third-order valence-corrected chi connectivity index (χ3v) is 4.35. The van der Waals surface area contributed by atoms with Crippen molar-refractivity contribution < 1.29 is 0 Å². The summed E-state index contributed by atoms with van der Waals surface area (Å²) in [6, 6.07) is 18.6. The van der Waals surface area contributed by atoms with Crippen molar-refractivity contribution in [2.24, 2.45) is 0 Å². The van der Waals surface area contributed by atoms with Crippen LogP contribution < -0.4 is 10.2 Å². The van der Waals surface area contributed by atoms with Crippen LogP contribution in [-0.2, 0) is 6.54 Å². The molecule has 0 saturated carbocycles. The number of nitrogens with one attached hydrogen (secondary N) is 1. The summed E-state index contributed by atoms with van der Waals surface area (Å²) in [6.45, 7) is 7.02. The van der Waals surface area contributed by atoms with Crippen LogP contribution in [0, 0.1) is 20.8 Å². The SMILES string of the molecule is Cc1cc(N(C)Cc2ccccc2)nc(Nc2cccc(C)c2C)n1. The van der Waals surface area contributed by atoms with Gasteiger partial charge in [0.25, 0.3) is 0 Å². The van der Waals surface area contributed by atoms with Crippen molar-refractivity contribution in [3.05, 3.63) is 77.0 Å². The second kappa shape index (κ2) is 7.34. The summed E-state index contributed by atoms with van der Waals surface area (Å²) in [7, 11) is 2.05. The van der Waals surface area contributed by atoms with Crippen molar-refractivity contribution in [1.82, 2.24) is 9.97 Å². The molecule has 0 unspecified atom stereocenters. The van der Waals surface area contributed by atoms with Crippen molar-refractivity contribution in [3.8, 4) is 0 Å². The summed E-state index contributed by atoms with van der Waals surface area (Å²) >= 11 is 0. The molecular formula is C21H24N4. The zero-order chi connectivity index (χ0) is 17.8. The van der Waals surface area contributed by atoms with Crippen LogP contribution in [-0.4, -0.2) is 17.0 Å². The number of aryl methyl sites for hydroxylation is 2. The molecule has 1 heterocycles. The van der Waals surface area contributed by atoms with E-state index in [1.807, 2.05) is 25.1 Å². The predicted molar refractivity (Wildman–Crippen MR) is 105 cm³/mol. The first kappa shape index (κ1) is 17.0. The Morgan fingerprint density at radius 2 is 1.68 bits per heavy atom. The van der Waals surface area contributed by atoms with Gasteiger partial charge in [0.15, 0.2) is 0 Å². The Hall–Kier alpha value is -2.88. The molecule has 25 heavy (non-hydrogen) atoms. The average molecular weight is 332 g/mol. The lowest BCUT2D eigenvalue weighted by Gasteiger charge is -2.20. The fourth-order valence-electron chi connectivity index (χ4n) is 2.75. The average Bonchev–Trinajstić information content (AvgIpc) is 2.59. The molecular weight excluding hydrogens is 308 g/mol. The molecule has 1 aromatic heterocycles. The maximum atomic E-state index is 4.70. The fraction of sp³-hybridized carbons (Fsp3) is 0.238. The normalized spacial score (nSPS) is 10.6. The van der Waals surface area contributed by atoms with Crippen LogP contribution in [0.2, 0.25) is 0 Å². The lowest BCUT2D eigenvalue weighted by molar-refractivity contribution is 0.888. The van der Waals surface area contributed by atoms with Gasteiger partial charge in [-0.3, -0.25) is 0 Å². The number of hydrogen-bond acceptors (Lipinski definition) is 4. The summed E-state index contributed by atoms with van der Waals surface area (Å²) in [5.41, 5.74) is 5.70. The van der Waals surface area contributed by atoms with Gasteiger partial charge in [-0.15, -0.1) is 0 Å². The third-order valence-electron chi connectivity index (χ3n) is 4.35. The van der Waals surface area contributed by atoms with Crippen LogP contribution in [0.3, 0.4) is 0 Å². The van der Waals surface area contributed by atoms with Crippen LogP contribution in [0.4, 0.5) is 17.5 Å². The highest BCUT2D eigenvalue weighted by Gasteiger charge is 2.09. The van der Waals surface area contributed by atoms with Crippen LogP contribution >= 0.6 is 0 Å². The van der Waals surface area contributed by atoms with Crippen LogP contribution in [0.5, 0.6) is 0 Å². The number of nitrogens with zero attached hydrogens (tertiary/aromatic N) is 3. The molecule has 1 N–H and O–H groups in total. The van der Waals surface area contributed by atoms with Crippen molar-refractivity contribution >= 4 is 17.5 Å². The molecule has 0 amide bonds. The highest BCUT2D eigenvalue weighted by atomic mass is 15.2. The molecule has 0 bridgehead atoms. The van der Waals surface area contributed by atoms with Crippen molar-refractivity contribution in [3.63, 3.8) is 0 Å². The summed E-state index contributed by atoms with van der Waals surface area (Å²) in [6.07, 6.45) is 0. The maximum Gasteiger partial charge on any atom is 0.229 e. The Bertz CT molecular complexity index is 859. The quantitative estimate of drug-likeness (QED) is 0.730. The topological polar surface area (TPSA) is 41.1 Å². The Labute approximate surface area is 149 Å². The molecule has 0 saturated heterocycles. The van der Waals surface area contributed by atoms with E-state index >= 15 is 0 Å². The minimum Gasteiger partial charge on any atom is -0.355 e. The zero-order valence-electron chi connectivity index (χ0n) is 15.2. The summed E-state index contributed by atoms with van der Waals surface area (Å²) in [5, 5.41) is 3.36. The van der Waals surface area contributed by atoms with Gasteiger partial charge in [-0.2, -0.15) is 4.98 Å². The molecule has 2 aromatic carbocycles. The Balaban J connectivity index is 1.84. The molecule has 0 radical (unpaired) electrons. The molecule has 128 valence electrons. The summed E-state index contributed by atoms with van der Waals surface area (Å²) in [5.74, 6) is 1.53. The molecule has 0 atom stereocenters. The van der Waals surface area contributed by atoms with E-state index in [2.05, 4.69) is 72.5 Å². The van der Waals surface area contributed by atoms with Crippen LogP contribution in [0.1, 0.15) is 22.4 Å². The van der Waals surface area contributed by atoms with Gasteiger partial charge in [-0.1, -0.05) is 42.5 Å². The fourth-order valence-corrected chi connectivity index (χ4v) is 2.75. The first-order valence-corrected chi connectivity index (χ1v) is 8.47. The molecule has 3 aromatic rings. The lowest BCUT2D eigenvalue weighted by Crippen LogP contribution is -2.18. The number of hydrogen-bond donors (Lipinski definition) is 1.